The molecule has 0 bridgehead atoms. The van der Waals surface area contributed by atoms with Crippen LogP contribution in [0.1, 0.15) is 45.7 Å². The number of allylic oxidation sites excluding steroid dienone is 1. The van der Waals surface area contributed by atoms with Crippen LogP contribution in [-0.2, 0) is 6.42 Å². The molecule has 1 aromatic heterocycles. The highest BCUT2D eigenvalue weighted by molar-refractivity contribution is 6.10. The number of pyridine rings is 1. The molecule has 0 aliphatic carbocycles. The third-order valence-corrected chi connectivity index (χ3v) is 5.36. The number of ether oxygens (including phenoxy) is 1. The molecule has 0 radical (unpaired) electrons. The maximum Gasteiger partial charge on any atom is 0.255 e. The average Bonchev–Trinajstić information content (AvgIpc) is 2.79. The topological polar surface area (TPSA) is 80.3 Å². The Kier molecular flexibility index (Phi) is 5.77. The molecule has 0 saturated carbocycles. The van der Waals surface area contributed by atoms with E-state index in [0.29, 0.717) is 16.8 Å². The molecule has 0 spiro atoms. The van der Waals surface area contributed by atoms with Crippen LogP contribution in [0.2, 0.25) is 0 Å². The summed E-state index contributed by atoms with van der Waals surface area (Å²) in [5, 5.41) is 6.28. The van der Waals surface area contributed by atoms with E-state index in [2.05, 4.69) is 29.5 Å². The monoisotopic (exact) mass is 427 g/mol. The van der Waals surface area contributed by atoms with Crippen LogP contribution in [0, 0.1) is 0 Å². The summed E-state index contributed by atoms with van der Waals surface area (Å²) in [5.41, 5.74) is 4.35. The summed E-state index contributed by atoms with van der Waals surface area (Å²) in [7, 11) is 1.63. The fourth-order valence-corrected chi connectivity index (χ4v) is 3.79. The van der Waals surface area contributed by atoms with Gasteiger partial charge in [-0.25, -0.2) is 0 Å². The lowest BCUT2D eigenvalue weighted by molar-refractivity contribution is 0.102. The van der Waals surface area contributed by atoms with Crippen molar-refractivity contribution in [1.82, 2.24) is 10.3 Å². The van der Waals surface area contributed by atoms with Gasteiger partial charge < -0.3 is 15.4 Å². The van der Waals surface area contributed by atoms with E-state index in [1.165, 1.54) is 0 Å². The van der Waals surface area contributed by atoms with E-state index >= 15 is 0 Å². The molecule has 0 unspecified atom stereocenters. The number of ketones is 1. The van der Waals surface area contributed by atoms with Crippen LogP contribution in [0.25, 0.3) is 5.70 Å². The summed E-state index contributed by atoms with van der Waals surface area (Å²) in [5.74, 6) is 0.360. The first-order valence-corrected chi connectivity index (χ1v) is 10.4. The maximum absolute atomic E-state index is 13.0. The molecule has 0 atom stereocenters. The van der Waals surface area contributed by atoms with Crippen molar-refractivity contribution >= 4 is 23.1 Å². The Balaban J connectivity index is 1.56. The van der Waals surface area contributed by atoms with Gasteiger partial charge >= 0.3 is 0 Å². The smallest absolute Gasteiger partial charge is 0.255 e. The second-order valence-electron chi connectivity index (χ2n) is 8.40. The molecule has 3 aromatic rings. The zero-order valence-electron chi connectivity index (χ0n) is 18.3. The second-order valence-corrected chi connectivity index (χ2v) is 8.40. The Morgan fingerprint density at radius 1 is 1.03 bits per heavy atom. The standard InChI is InChI=1S/C26H25N3O3/c1-26(2)16-19-8-9-21(32-3)14-22(19)23(29-26)15-24(30)17-4-6-18(7-5-17)25(31)28-20-10-12-27-13-11-20/h4-15,29H,16H2,1-3H3,(H,27,28,31)/b23-15-. The third-order valence-electron chi connectivity index (χ3n) is 5.36. The van der Waals surface area contributed by atoms with E-state index in [1.54, 1.807) is 62.0 Å². The first-order valence-electron chi connectivity index (χ1n) is 10.4. The zero-order valence-corrected chi connectivity index (χ0v) is 18.3. The molecule has 1 amide bonds. The molecule has 2 heterocycles. The summed E-state index contributed by atoms with van der Waals surface area (Å²) >= 11 is 0. The molecular weight excluding hydrogens is 402 g/mol. The van der Waals surface area contributed by atoms with Crippen LogP contribution in [0.15, 0.2) is 73.1 Å². The molecule has 1 aliphatic rings. The van der Waals surface area contributed by atoms with Crippen molar-refractivity contribution in [2.24, 2.45) is 0 Å². The Morgan fingerprint density at radius 2 is 1.72 bits per heavy atom. The van der Waals surface area contributed by atoms with E-state index in [-0.39, 0.29) is 17.2 Å². The van der Waals surface area contributed by atoms with Gasteiger partial charge in [-0.15, -0.1) is 0 Å². The van der Waals surface area contributed by atoms with Crippen LogP contribution in [-0.4, -0.2) is 29.3 Å². The second kappa shape index (κ2) is 8.67. The van der Waals surface area contributed by atoms with Gasteiger partial charge in [0.2, 0.25) is 0 Å². The quantitative estimate of drug-likeness (QED) is 0.463. The molecule has 0 saturated heterocycles. The van der Waals surface area contributed by atoms with Crippen LogP contribution < -0.4 is 15.4 Å². The normalized spacial score (nSPS) is 15.4. The summed E-state index contributed by atoms with van der Waals surface area (Å²) in [4.78, 5) is 29.4. The number of carbonyl (C=O) groups is 2. The average molecular weight is 428 g/mol. The van der Waals surface area contributed by atoms with Crippen molar-refractivity contribution in [3.8, 4) is 5.75 Å². The van der Waals surface area contributed by atoms with Gasteiger partial charge in [0.1, 0.15) is 5.75 Å². The highest BCUT2D eigenvalue weighted by Gasteiger charge is 2.28. The Labute approximate surface area is 187 Å². The van der Waals surface area contributed by atoms with E-state index in [9.17, 15) is 9.59 Å². The van der Waals surface area contributed by atoms with E-state index in [1.807, 2.05) is 18.2 Å². The lowest BCUT2D eigenvalue weighted by Crippen LogP contribution is -2.43. The Hall–Kier alpha value is -3.93. The van der Waals surface area contributed by atoms with Crippen LogP contribution in [0.5, 0.6) is 5.75 Å². The molecule has 2 N–H and O–H groups in total. The minimum Gasteiger partial charge on any atom is -0.497 e. The molecule has 0 fully saturated rings. The van der Waals surface area contributed by atoms with E-state index in [4.69, 9.17) is 4.74 Å². The molecular formula is C26H25N3O3. The van der Waals surface area contributed by atoms with Gasteiger partial charge in [0, 0.05) is 52.1 Å². The SMILES string of the molecule is COc1ccc2c(c1)/C(=C/C(=O)c1ccc(C(=O)Nc3ccncc3)cc1)NC(C)(C)C2. The predicted octanol–water partition coefficient (Wildman–Crippen LogP) is 4.49. The van der Waals surface area contributed by atoms with Crippen LogP contribution in [0.3, 0.4) is 0 Å². The molecule has 6 heteroatoms. The number of nitrogens with zero attached hydrogens (tertiary/aromatic N) is 1. The lowest BCUT2D eigenvalue weighted by atomic mass is 9.85. The number of aromatic nitrogens is 1. The third kappa shape index (κ3) is 4.70. The van der Waals surface area contributed by atoms with Crippen molar-refractivity contribution < 1.29 is 14.3 Å². The summed E-state index contributed by atoms with van der Waals surface area (Å²) < 4.78 is 5.37. The number of rotatable bonds is 5. The molecule has 1 aliphatic heterocycles. The maximum atomic E-state index is 13.0. The van der Waals surface area contributed by atoms with Gasteiger partial charge in [-0.2, -0.15) is 0 Å². The Morgan fingerprint density at radius 3 is 2.41 bits per heavy atom. The fourth-order valence-electron chi connectivity index (χ4n) is 3.79. The number of benzene rings is 2. The molecule has 6 nitrogen and oxygen atoms in total. The lowest BCUT2D eigenvalue weighted by Gasteiger charge is -2.35. The minimum atomic E-state index is -0.245. The molecule has 2 aromatic carbocycles. The number of nitrogens with one attached hydrogen (secondary N) is 2. The van der Waals surface area contributed by atoms with Crippen molar-refractivity contribution in [2.45, 2.75) is 25.8 Å². The van der Waals surface area contributed by atoms with Crippen molar-refractivity contribution in [1.29, 1.82) is 0 Å². The Bertz CT molecular complexity index is 1180. The summed E-state index contributed by atoms with van der Waals surface area (Å²) in [6, 6.07) is 16.0. The largest absolute Gasteiger partial charge is 0.497 e. The van der Waals surface area contributed by atoms with Gasteiger partial charge in [0.25, 0.3) is 5.91 Å². The number of carbonyl (C=O) groups excluding carboxylic acids is 2. The van der Waals surface area contributed by atoms with E-state index in [0.717, 1.165) is 29.0 Å². The number of fused-ring (bicyclic) bond motifs is 1. The summed E-state index contributed by atoms with van der Waals surface area (Å²) in [6.07, 6.45) is 5.68. The van der Waals surface area contributed by atoms with Crippen LogP contribution in [0.4, 0.5) is 5.69 Å². The zero-order chi connectivity index (χ0) is 22.7. The number of amides is 1. The molecule has 4 rings (SSSR count). The number of hydrogen-bond acceptors (Lipinski definition) is 5. The first kappa shape index (κ1) is 21.3. The van der Waals surface area contributed by atoms with Gasteiger partial charge in [0.05, 0.1) is 7.11 Å². The van der Waals surface area contributed by atoms with Crippen molar-refractivity contribution in [3.05, 3.63) is 95.3 Å². The molecule has 32 heavy (non-hydrogen) atoms. The fraction of sp³-hybridized carbons (Fsp3) is 0.192. The van der Waals surface area contributed by atoms with Gasteiger partial charge in [0.15, 0.2) is 5.78 Å². The highest BCUT2D eigenvalue weighted by atomic mass is 16.5. The van der Waals surface area contributed by atoms with Gasteiger partial charge in [-0.05, 0) is 62.2 Å². The van der Waals surface area contributed by atoms with Crippen molar-refractivity contribution in [3.63, 3.8) is 0 Å². The molecule has 162 valence electrons. The van der Waals surface area contributed by atoms with Crippen molar-refractivity contribution in [2.75, 3.05) is 12.4 Å². The first-order chi connectivity index (χ1) is 15.3. The summed E-state index contributed by atoms with van der Waals surface area (Å²) in [6.45, 7) is 4.21. The number of methoxy groups -OCH3 is 1. The van der Waals surface area contributed by atoms with Gasteiger partial charge in [-0.1, -0.05) is 18.2 Å². The number of anilines is 1. The highest BCUT2D eigenvalue weighted by Crippen LogP contribution is 2.32. The minimum absolute atomic E-state index is 0.139. The van der Waals surface area contributed by atoms with E-state index < -0.39 is 0 Å². The van der Waals surface area contributed by atoms with Gasteiger partial charge in [-0.3, -0.25) is 14.6 Å². The van der Waals surface area contributed by atoms with Crippen LogP contribution >= 0.6 is 0 Å². The number of hydrogen-bond donors (Lipinski definition) is 2. The predicted molar refractivity (Wildman–Crippen MR) is 125 cm³/mol.